The van der Waals surface area contributed by atoms with Gasteiger partial charge in [0.1, 0.15) is 12.0 Å². The highest BCUT2D eigenvalue weighted by molar-refractivity contribution is 6.26. The minimum atomic E-state index is -0.317. The van der Waals surface area contributed by atoms with E-state index in [0.717, 1.165) is 94.1 Å². The minimum Gasteiger partial charge on any atom is -0.373 e. The largest absolute Gasteiger partial charge is 0.373 e. The summed E-state index contributed by atoms with van der Waals surface area (Å²) in [5.74, 6) is 2.57. The van der Waals surface area contributed by atoms with Crippen molar-refractivity contribution < 1.29 is 0 Å². The predicted molar refractivity (Wildman–Crippen MR) is 283 cm³/mol. The Balaban J connectivity index is 1.05. The average Bonchev–Trinajstić information content (AvgIpc) is 3.95. The molecule has 0 saturated carbocycles. The number of nitrogens with zero attached hydrogens (tertiary/aromatic N) is 6. The molecule has 0 radical (unpaired) electrons. The van der Waals surface area contributed by atoms with Gasteiger partial charge in [-0.3, -0.25) is 9.88 Å². The summed E-state index contributed by atoms with van der Waals surface area (Å²) in [4.78, 5) is 21.2. The number of benzene rings is 9. The summed E-state index contributed by atoms with van der Waals surface area (Å²) < 4.78 is 4.67. The lowest BCUT2D eigenvalue weighted by atomic mass is 10.0. The lowest BCUT2D eigenvalue weighted by Gasteiger charge is -2.20. The molecule has 3 heterocycles. The van der Waals surface area contributed by atoms with Crippen molar-refractivity contribution in [1.82, 2.24) is 34.7 Å². The SMILES string of the molecule is CN/C(=N\C(NCc1ccccc1-n1c2ccccc2c2c1ccc1c3ccccc3n(-c3nc(-c4ccccc4)nc(-c4cccc(-c5ccccc5)c4)n3)c12)c1ccccc1)c1ccccc1. The summed E-state index contributed by atoms with van der Waals surface area (Å²) in [5, 5.41) is 11.7. The molecule has 2 N–H and O–H groups in total. The molecule has 12 aromatic rings. The number of amidine groups is 1. The van der Waals surface area contributed by atoms with Crippen LogP contribution in [0.2, 0.25) is 0 Å². The summed E-state index contributed by atoms with van der Waals surface area (Å²) >= 11 is 0. The maximum atomic E-state index is 5.39. The number of para-hydroxylation sites is 3. The predicted octanol–water partition coefficient (Wildman–Crippen LogP) is 13.5. The summed E-state index contributed by atoms with van der Waals surface area (Å²) in [7, 11) is 1.93. The van der Waals surface area contributed by atoms with E-state index in [1.807, 2.05) is 55.6 Å². The molecular weight excluding hydrogens is 845 g/mol. The molecule has 0 spiro atoms. The molecule has 330 valence electrons. The van der Waals surface area contributed by atoms with Crippen LogP contribution in [0.5, 0.6) is 0 Å². The first kappa shape index (κ1) is 41.5. The Morgan fingerprint density at radius 2 is 1.06 bits per heavy atom. The van der Waals surface area contributed by atoms with Crippen molar-refractivity contribution in [2.75, 3.05) is 7.05 Å². The molecule has 0 aliphatic heterocycles. The zero-order valence-electron chi connectivity index (χ0n) is 37.9. The van der Waals surface area contributed by atoms with E-state index in [1.54, 1.807) is 0 Å². The van der Waals surface area contributed by atoms with Crippen LogP contribution in [0.15, 0.2) is 236 Å². The molecule has 0 aliphatic carbocycles. The Bertz CT molecular complexity index is 3820. The topological polar surface area (TPSA) is 85.0 Å². The average molecular weight is 891 g/mol. The monoisotopic (exact) mass is 890 g/mol. The van der Waals surface area contributed by atoms with E-state index in [9.17, 15) is 0 Å². The van der Waals surface area contributed by atoms with Crippen molar-refractivity contribution in [3.8, 4) is 45.5 Å². The molecule has 9 aromatic carbocycles. The molecule has 12 rings (SSSR count). The number of nitrogens with one attached hydrogen (secondary N) is 2. The van der Waals surface area contributed by atoms with Gasteiger partial charge in [-0.2, -0.15) is 9.97 Å². The Morgan fingerprint density at radius 1 is 0.478 bits per heavy atom. The Hall–Kier alpha value is -8.98. The zero-order valence-corrected chi connectivity index (χ0v) is 37.9. The van der Waals surface area contributed by atoms with Crippen LogP contribution in [0, 0.1) is 0 Å². The van der Waals surface area contributed by atoms with E-state index in [-0.39, 0.29) is 6.17 Å². The number of aromatic nitrogens is 5. The Labute approximate surface area is 400 Å². The first-order chi connectivity index (χ1) is 34.2. The van der Waals surface area contributed by atoms with Crippen molar-refractivity contribution in [3.63, 3.8) is 0 Å². The second-order valence-corrected chi connectivity index (χ2v) is 17.1. The van der Waals surface area contributed by atoms with Gasteiger partial charge >= 0.3 is 0 Å². The van der Waals surface area contributed by atoms with Crippen molar-refractivity contribution in [2.24, 2.45) is 4.99 Å². The molecule has 69 heavy (non-hydrogen) atoms. The molecule has 0 bridgehead atoms. The van der Waals surface area contributed by atoms with Crippen molar-refractivity contribution in [3.05, 3.63) is 247 Å². The number of rotatable bonds is 11. The van der Waals surface area contributed by atoms with Crippen LogP contribution in [0.1, 0.15) is 22.9 Å². The summed E-state index contributed by atoms with van der Waals surface area (Å²) in [6, 6.07) is 80.3. The lowest BCUT2D eigenvalue weighted by molar-refractivity contribution is 0.552. The molecule has 0 fully saturated rings. The van der Waals surface area contributed by atoms with Crippen LogP contribution in [0.4, 0.5) is 0 Å². The van der Waals surface area contributed by atoms with Crippen molar-refractivity contribution >= 4 is 49.4 Å². The first-order valence-electron chi connectivity index (χ1n) is 23.3. The van der Waals surface area contributed by atoms with Crippen LogP contribution >= 0.6 is 0 Å². The van der Waals surface area contributed by atoms with Crippen LogP contribution in [0.25, 0.3) is 89.2 Å². The molecule has 3 aromatic heterocycles. The Morgan fingerprint density at radius 3 is 1.80 bits per heavy atom. The van der Waals surface area contributed by atoms with Gasteiger partial charge in [-0.25, -0.2) is 9.98 Å². The third kappa shape index (κ3) is 7.68. The number of hydrogen-bond acceptors (Lipinski definition) is 5. The first-order valence-corrected chi connectivity index (χ1v) is 23.3. The van der Waals surface area contributed by atoms with Crippen LogP contribution in [0.3, 0.4) is 0 Å². The quantitative estimate of drug-likeness (QED) is 0.0998. The van der Waals surface area contributed by atoms with Crippen LogP contribution in [-0.4, -0.2) is 37.0 Å². The third-order valence-corrected chi connectivity index (χ3v) is 12.9. The molecule has 8 nitrogen and oxygen atoms in total. The summed E-state index contributed by atoms with van der Waals surface area (Å²) in [5.41, 5.74) is 12.6. The van der Waals surface area contributed by atoms with E-state index < -0.39 is 0 Å². The van der Waals surface area contributed by atoms with Gasteiger partial charge in [-0.15, -0.1) is 0 Å². The van der Waals surface area contributed by atoms with Gasteiger partial charge in [0.05, 0.1) is 27.8 Å². The highest BCUT2D eigenvalue weighted by Gasteiger charge is 2.24. The molecule has 8 heteroatoms. The van der Waals surface area contributed by atoms with E-state index in [4.69, 9.17) is 19.9 Å². The van der Waals surface area contributed by atoms with Gasteiger partial charge in [0.25, 0.3) is 0 Å². The highest BCUT2D eigenvalue weighted by Crippen LogP contribution is 2.42. The van der Waals surface area contributed by atoms with E-state index >= 15 is 0 Å². The van der Waals surface area contributed by atoms with Gasteiger partial charge in [-0.1, -0.05) is 200 Å². The molecule has 0 aliphatic rings. The van der Waals surface area contributed by atoms with Crippen LogP contribution < -0.4 is 10.6 Å². The number of aliphatic imine (C=N–C) groups is 1. The molecule has 0 amide bonds. The maximum Gasteiger partial charge on any atom is 0.238 e. The second-order valence-electron chi connectivity index (χ2n) is 17.1. The molecule has 1 unspecified atom stereocenters. The highest BCUT2D eigenvalue weighted by atomic mass is 15.2. The maximum absolute atomic E-state index is 5.39. The van der Waals surface area contributed by atoms with Crippen LogP contribution in [-0.2, 0) is 6.54 Å². The van der Waals surface area contributed by atoms with Crippen molar-refractivity contribution in [2.45, 2.75) is 12.7 Å². The van der Waals surface area contributed by atoms with E-state index in [0.29, 0.717) is 24.1 Å². The van der Waals surface area contributed by atoms with Crippen molar-refractivity contribution in [1.29, 1.82) is 0 Å². The van der Waals surface area contributed by atoms with Gasteiger partial charge in [0.2, 0.25) is 5.95 Å². The van der Waals surface area contributed by atoms with Gasteiger partial charge in [0, 0.05) is 51.8 Å². The minimum absolute atomic E-state index is 0.317. The van der Waals surface area contributed by atoms with E-state index in [1.165, 1.54) is 0 Å². The van der Waals surface area contributed by atoms with Gasteiger partial charge in [0.15, 0.2) is 11.6 Å². The number of fused-ring (bicyclic) bond motifs is 7. The normalized spacial score (nSPS) is 12.3. The molecular formula is C61H46N8. The zero-order chi connectivity index (χ0) is 46.1. The Kier molecular flexibility index (Phi) is 10.8. The molecule has 0 saturated heterocycles. The van der Waals surface area contributed by atoms with Gasteiger partial charge < -0.3 is 9.88 Å². The summed E-state index contributed by atoms with van der Waals surface area (Å²) in [6.07, 6.45) is -0.317. The fourth-order valence-corrected chi connectivity index (χ4v) is 9.72. The second kappa shape index (κ2) is 18.0. The van der Waals surface area contributed by atoms with Gasteiger partial charge in [-0.05, 0) is 52.6 Å². The fourth-order valence-electron chi connectivity index (χ4n) is 9.72. The lowest BCUT2D eigenvalue weighted by Crippen LogP contribution is -2.26. The third-order valence-electron chi connectivity index (χ3n) is 12.9. The number of hydrogen-bond donors (Lipinski definition) is 2. The standard InChI is InChI=1S/C61H46N8/c1-62-57(42-23-8-3-9-24-42)64-58(43-25-10-4-11-26-43)63-40-47-29-14-17-34-51(47)68-53-36-19-16-33-50(53)55-54(68)38-37-49-48-32-15-18-35-52(48)69(56(49)55)61-66-59(44-27-12-5-13-28-44)65-60(67-61)46-31-20-30-45(39-46)41-21-6-2-7-22-41/h2-39,58,63H,40H2,1H3,(H,62,64). The van der Waals surface area contributed by atoms with E-state index in [2.05, 4.69) is 202 Å². The fraction of sp³-hybridized carbons (Fsp3) is 0.0492. The smallest absolute Gasteiger partial charge is 0.238 e. The summed E-state index contributed by atoms with van der Waals surface area (Å²) in [6.45, 7) is 0.558. The molecule has 1 atom stereocenters.